The maximum atomic E-state index is 6.05. The second kappa shape index (κ2) is 4.19. The molecule has 0 saturated carbocycles. The van der Waals surface area contributed by atoms with Crippen molar-refractivity contribution in [3.05, 3.63) is 47.9 Å². The number of ether oxygens (including phenoxy) is 1. The molecule has 0 aliphatic rings. The SMILES string of the molecule is Nc1ccc(Oc2nccn3nccc23)c(Cl)c1. The molecule has 2 aromatic heterocycles. The van der Waals surface area contributed by atoms with Gasteiger partial charge in [0.15, 0.2) is 0 Å². The van der Waals surface area contributed by atoms with Crippen molar-refractivity contribution in [3.8, 4) is 11.6 Å². The minimum Gasteiger partial charge on any atom is -0.435 e. The molecule has 3 aromatic rings. The van der Waals surface area contributed by atoms with E-state index in [-0.39, 0.29) is 0 Å². The third-order valence-electron chi connectivity index (χ3n) is 2.45. The molecule has 0 saturated heterocycles. The number of benzene rings is 1. The summed E-state index contributed by atoms with van der Waals surface area (Å²) in [5.74, 6) is 0.953. The van der Waals surface area contributed by atoms with Gasteiger partial charge in [0, 0.05) is 18.1 Å². The van der Waals surface area contributed by atoms with Crippen molar-refractivity contribution in [2.24, 2.45) is 0 Å². The van der Waals surface area contributed by atoms with E-state index in [1.807, 2.05) is 6.07 Å². The van der Waals surface area contributed by atoms with Crippen molar-refractivity contribution in [1.82, 2.24) is 14.6 Å². The van der Waals surface area contributed by atoms with Gasteiger partial charge in [-0.15, -0.1) is 0 Å². The van der Waals surface area contributed by atoms with Crippen molar-refractivity contribution in [2.75, 3.05) is 5.73 Å². The molecular formula is C12H9ClN4O. The van der Waals surface area contributed by atoms with Crippen LogP contribution in [0.25, 0.3) is 5.52 Å². The van der Waals surface area contributed by atoms with Crippen molar-refractivity contribution >= 4 is 22.8 Å². The predicted molar refractivity (Wildman–Crippen MR) is 68.9 cm³/mol. The van der Waals surface area contributed by atoms with Crippen molar-refractivity contribution < 1.29 is 4.74 Å². The molecule has 0 spiro atoms. The monoisotopic (exact) mass is 260 g/mol. The molecule has 0 radical (unpaired) electrons. The number of hydrogen-bond acceptors (Lipinski definition) is 4. The molecular weight excluding hydrogens is 252 g/mol. The molecule has 6 heteroatoms. The smallest absolute Gasteiger partial charge is 0.245 e. The Labute approximate surface area is 108 Å². The van der Waals surface area contributed by atoms with Gasteiger partial charge in [-0.25, -0.2) is 9.50 Å². The molecule has 2 N–H and O–H groups in total. The normalized spacial score (nSPS) is 10.7. The predicted octanol–water partition coefficient (Wildman–Crippen LogP) is 2.76. The van der Waals surface area contributed by atoms with E-state index in [9.17, 15) is 0 Å². The number of halogens is 1. The van der Waals surface area contributed by atoms with Gasteiger partial charge >= 0.3 is 0 Å². The van der Waals surface area contributed by atoms with E-state index in [0.717, 1.165) is 5.52 Å². The van der Waals surface area contributed by atoms with Crippen LogP contribution in [0.15, 0.2) is 42.9 Å². The summed E-state index contributed by atoms with van der Waals surface area (Å²) in [7, 11) is 0. The molecule has 18 heavy (non-hydrogen) atoms. The Bertz CT molecular complexity index is 710. The molecule has 0 fully saturated rings. The molecule has 1 aromatic carbocycles. The lowest BCUT2D eigenvalue weighted by Crippen LogP contribution is -1.94. The average molecular weight is 261 g/mol. The highest BCUT2D eigenvalue weighted by atomic mass is 35.5. The summed E-state index contributed by atoms with van der Waals surface area (Å²) in [5.41, 5.74) is 6.98. The van der Waals surface area contributed by atoms with Gasteiger partial charge in [0.25, 0.3) is 0 Å². The van der Waals surface area contributed by atoms with Gasteiger partial charge in [-0.3, -0.25) is 0 Å². The van der Waals surface area contributed by atoms with Crippen LogP contribution in [-0.4, -0.2) is 14.6 Å². The molecule has 2 heterocycles. The molecule has 90 valence electrons. The van der Waals surface area contributed by atoms with Gasteiger partial charge in [0.1, 0.15) is 11.3 Å². The molecule has 3 rings (SSSR count). The van der Waals surface area contributed by atoms with Crippen molar-refractivity contribution in [1.29, 1.82) is 0 Å². The zero-order chi connectivity index (χ0) is 12.5. The van der Waals surface area contributed by atoms with Gasteiger partial charge in [-0.2, -0.15) is 5.10 Å². The fraction of sp³-hybridized carbons (Fsp3) is 0. The molecule has 5 nitrogen and oxygen atoms in total. The van der Waals surface area contributed by atoms with Crippen LogP contribution in [0.2, 0.25) is 5.02 Å². The number of rotatable bonds is 2. The summed E-state index contributed by atoms with van der Waals surface area (Å²) in [6.45, 7) is 0. The lowest BCUT2D eigenvalue weighted by Gasteiger charge is -2.07. The first-order chi connectivity index (χ1) is 8.74. The second-order valence-electron chi connectivity index (χ2n) is 3.69. The third-order valence-corrected chi connectivity index (χ3v) is 2.75. The van der Waals surface area contributed by atoms with Crippen LogP contribution < -0.4 is 10.5 Å². The molecule has 0 aliphatic carbocycles. The Hall–Kier alpha value is -2.27. The van der Waals surface area contributed by atoms with Crippen LogP contribution in [0, 0.1) is 0 Å². The Balaban J connectivity index is 2.03. The Morgan fingerprint density at radius 1 is 1.22 bits per heavy atom. The summed E-state index contributed by atoms with van der Waals surface area (Å²) >= 11 is 6.05. The lowest BCUT2D eigenvalue weighted by molar-refractivity contribution is 0.466. The summed E-state index contributed by atoms with van der Waals surface area (Å²) in [6, 6.07) is 6.87. The fourth-order valence-corrected chi connectivity index (χ4v) is 1.84. The van der Waals surface area contributed by atoms with Crippen molar-refractivity contribution in [3.63, 3.8) is 0 Å². The number of anilines is 1. The van der Waals surface area contributed by atoms with Crippen LogP contribution in [0.5, 0.6) is 11.6 Å². The van der Waals surface area contributed by atoms with Crippen LogP contribution in [0.4, 0.5) is 5.69 Å². The van der Waals surface area contributed by atoms with Crippen LogP contribution in [-0.2, 0) is 0 Å². The summed E-state index contributed by atoms with van der Waals surface area (Å²) in [6.07, 6.45) is 5.03. The quantitative estimate of drug-likeness (QED) is 0.720. The maximum absolute atomic E-state index is 6.05. The number of nitrogens with zero attached hydrogens (tertiary/aromatic N) is 3. The maximum Gasteiger partial charge on any atom is 0.245 e. The summed E-state index contributed by atoms with van der Waals surface area (Å²) in [4.78, 5) is 4.16. The van der Waals surface area contributed by atoms with Crippen LogP contribution in [0.3, 0.4) is 0 Å². The van der Waals surface area contributed by atoms with Gasteiger partial charge in [-0.05, 0) is 24.3 Å². The topological polar surface area (TPSA) is 65.4 Å². The minimum atomic E-state index is 0.443. The summed E-state index contributed by atoms with van der Waals surface area (Å²) < 4.78 is 7.35. The number of aromatic nitrogens is 3. The van der Waals surface area contributed by atoms with Crippen LogP contribution >= 0.6 is 11.6 Å². The summed E-state index contributed by atoms with van der Waals surface area (Å²) in [5, 5.41) is 4.54. The lowest BCUT2D eigenvalue weighted by atomic mass is 10.3. The minimum absolute atomic E-state index is 0.443. The van der Waals surface area contributed by atoms with Crippen molar-refractivity contribution in [2.45, 2.75) is 0 Å². The Kier molecular flexibility index (Phi) is 2.53. The fourth-order valence-electron chi connectivity index (χ4n) is 1.62. The first-order valence-electron chi connectivity index (χ1n) is 5.25. The van der Waals surface area contributed by atoms with Gasteiger partial charge in [0.2, 0.25) is 5.88 Å². The number of nitrogen functional groups attached to an aromatic ring is 1. The first kappa shape index (κ1) is 10.9. The van der Waals surface area contributed by atoms with Gasteiger partial charge < -0.3 is 10.5 Å². The Morgan fingerprint density at radius 2 is 2.11 bits per heavy atom. The standard InChI is InChI=1S/C12H9ClN4O/c13-9-7-8(14)1-2-11(9)18-12-10-3-4-16-17(10)6-5-15-12/h1-7H,14H2. The van der Waals surface area contributed by atoms with E-state index in [1.54, 1.807) is 41.3 Å². The van der Waals surface area contributed by atoms with E-state index in [1.165, 1.54) is 0 Å². The number of hydrogen-bond donors (Lipinski definition) is 1. The zero-order valence-corrected chi connectivity index (χ0v) is 10.0. The van der Waals surface area contributed by atoms with E-state index >= 15 is 0 Å². The highest BCUT2D eigenvalue weighted by molar-refractivity contribution is 6.32. The van der Waals surface area contributed by atoms with Gasteiger partial charge in [-0.1, -0.05) is 11.6 Å². The molecule has 0 atom stereocenters. The molecule has 0 bridgehead atoms. The van der Waals surface area contributed by atoms with E-state index in [4.69, 9.17) is 22.1 Å². The molecule has 0 aliphatic heterocycles. The largest absolute Gasteiger partial charge is 0.435 e. The molecule has 0 unspecified atom stereocenters. The zero-order valence-electron chi connectivity index (χ0n) is 9.25. The first-order valence-corrected chi connectivity index (χ1v) is 5.63. The number of nitrogens with two attached hydrogens (primary N) is 1. The van der Waals surface area contributed by atoms with E-state index in [0.29, 0.717) is 22.3 Å². The highest BCUT2D eigenvalue weighted by Crippen LogP contribution is 2.31. The van der Waals surface area contributed by atoms with E-state index in [2.05, 4.69) is 10.1 Å². The third kappa shape index (κ3) is 1.84. The average Bonchev–Trinajstić information content (AvgIpc) is 2.82. The van der Waals surface area contributed by atoms with Crippen LogP contribution in [0.1, 0.15) is 0 Å². The Morgan fingerprint density at radius 3 is 2.94 bits per heavy atom. The highest BCUT2D eigenvalue weighted by Gasteiger charge is 2.08. The second-order valence-corrected chi connectivity index (χ2v) is 4.09. The molecule has 0 amide bonds. The van der Waals surface area contributed by atoms with Gasteiger partial charge in [0.05, 0.1) is 11.2 Å². The van der Waals surface area contributed by atoms with E-state index < -0.39 is 0 Å². The number of fused-ring (bicyclic) bond motifs is 1.